The Bertz CT molecular complexity index is 645. The van der Waals surface area contributed by atoms with Gasteiger partial charge >= 0.3 is 0 Å². The third-order valence-electron chi connectivity index (χ3n) is 4.78. The van der Waals surface area contributed by atoms with Gasteiger partial charge in [-0.15, -0.1) is 0 Å². The van der Waals surface area contributed by atoms with Gasteiger partial charge < -0.3 is 9.64 Å². The summed E-state index contributed by atoms with van der Waals surface area (Å²) in [6.07, 6.45) is 4.82. The molecular weight excluding hydrogens is 278 g/mol. The number of hydrogen-bond acceptors (Lipinski definition) is 5. The number of rotatable bonds is 2. The minimum absolute atomic E-state index is 0.0162. The van der Waals surface area contributed by atoms with E-state index in [1.807, 2.05) is 4.68 Å². The lowest BCUT2D eigenvalue weighted by Gasteiger charge is -2.40. The third kappa shape index (κ3) is 2.37. The van der Waals surface area contributed by atoms with Crippen LogP contribution in [0.1, 0.15) is 31.2 Å². The Morgan fingerprint density at radius 2 is 1.91 bits per heavy atom. The summed E-state index contributed by atoms with van der Waals surface area (Å²) in [5.41, 5.74) is 2.25. The smallest absolute Gasteiger partial charge is 0.250 e. The lowest BCUT2D eigenvalue weighted by Crippen LogP contribution is -2.51. The zero-order valence-electron chi connectivity index (χ0n) is 12.9. The molecule has 2 aromatic rings. The van der Waals surface area contributed by atoms with Crippen LogP contribution < -0.4 is 4.90 Å². The van der Waals surface area contributed by atoms with E-state index in [-0.39, 0.29) is 5.60 Å². The molecule has 22 heavy (non-hydrogen) atoms. The molecule has 1 aliphatic carbocycles. The van der Waals surface area contributed by atoms with Crippen LogP contribution in [0, 0.1) is 6.92 Å². The molecule has 0 unspecified atom stereocenters. The zero-order chi connectivity index (χ0) is 15.0. The summed E-state index contributed by atoms with van der Waals surface area (Å²) in [6, 6.07) is 8.28. The van der Waals surface area contributed by atoms with Gasteiger partial charge in [0.1, 0.15) is 0 Å². The first-order chi connectivity index (χ1) is 10.8. The average molecular weight is 299 g/mol. The van der Waals surface area contributed by atoms with Crippen LogP contribution in [-0.2, 0) is 4.74 Å². The van der Waals surface area contributed by atoms with Crippen LogP contribution in [0.5, 0.6) is 0 Å². The first kappa shape index (κ1) is 13.7. The molecule has 6 heteroatoms. The van der Waals surface area contributed by atoms with E-state index < -0.39 is 0 Å². The number of ether oxygens (including phenoxy) is 1. The molecule has 4 rings (SSSR count). The Kier molecular flexibility index (Phi) is 3.33. The van der Waals surface area contributed by atoms with Gasteiger partial charge in [-0.1, -0.05) is 35.6 Å². The maximum absolute atomic E-state index is 6.10. The Hall–Kier alpha value is -1.95. The lowest BCUT2D eigenvalue weighted by atomic mass is 10.00. The van der Waals surface area contributed by atoms with Crippen molar-refractivity contribution < 1.29 is 4.74 Å². The van der Waals surface area contributed by atoms with Gasteiger partial charge in [-0.05, 0) is 42.3 Å². The molecule has 6 nitrogen and oxygen atoms in total. The van der Waals surface area contributed by atoms with Crippen molar-refractivity contribution in [3.05, 3.63) is 29.8 Å². The number of hydrogen-bond donors (Lipinski definition) is 0. The Morgan fingerprint density at radius 1 is 1.14 bits per heavy atom. The number of tetrazole rings is 1. The Morgan fingerprint density at radius 3 is 2.68 bits per heavy atom. The highest BCUT2D eigenvalue weighted by Crippen LogP contribution is 2.36. The summed E-state index contributed by atoms with van der Waals surface area (Å²) >= 11 is 0. The molecule has 2 aliphatic rings. The predicted octanol–water partition coefficient (Wildman–Crippen LogP) is 2.12. The molecule has 1 aliphatic heterocycles. The van der Waals surface area contributed by atoms with Crippen molar-refractivity contribution in [2.45, 2.75) is 38.2 Å². The van der Waals surface area contributed by atoms with Crippen molar-refractivity contribution in [1.29, 1.82) is 0 Å². The monoisotopic (exact) mass is 299 g/mol. The highest BCUT2D eigenvalue weighted by atomic mass is 16.5. The fourth-order valence-electron chi connectivity index (χ4n) is 3.57. The van der Waals surface area contributed by atoms with Crippen LogP contribution in [0.4, 0.5) is 5.95 Å². The second-order valence-corrected chi connectivity index (χ2v) is 6.39. The van der Waals surface area contributed by atoms with E-state index in [0.717, 1.165) is 44.2 Å². The Labute approximate surface area is 130 Å². The molecule has 0 N–H and O–H groups in total. The second-order valence-electron chi connectivity index (χ2n) is 6.39. The number of aryl methyl sites for hydroxylation is 1. The molecule has 1 aromatic carbocycles. The SMILES string of the molecule is Cc1ccc(-n2nnnc2N2CCOC3(CCCC3)C2)cc1. The van der Waals surface area contributed by atoms with Crippen LogP contribution in [0.25, 0.3) is 5.69 Å². The van der Waals surface area contributed by atoms with Gasteiger partial charge in [0.05, 0.1) is 24.4 Å². The quantitative estimate of drug-likeness (QED) is 0.850. The predicted molar refractivity (Wildman–Crippen MR) is 83.3 cm³/mol. The van der Waals surface area contributed by atoms with Crippen molar-refractivity contribution >= 4 is 5.95 Å². The molecule has 0 bridgehead atoms. The van der Waals surface area contributed by atoms with E-state index in [0.29, 0.717) is 0 Å². The van der Waals surface area contributed by atoms with E-state index in [1.54, 1.807) is 0 Å². The van der Waals surface area contributed by atoms with Gasteiger partial charge in [0, 0.05) is 6.54 Å². The topological polar surface area (TPSA) is 56.1 Å². The van der Waals surface area contributed by atoms with Crippen molar-refractivity contribution in [2.24, 2.45) is 0 Å². The normalized spacial score (nSPS) is 20.7. The van der Waals surface area contributed by atoms with Gasteiger partial charge in [0.15, 0.2) is 0 Å². The summed E-state index contributed by atoms with van der Waals surface area (Å²) in [7, 11) is 0. The molecule has 1 saturated carbocycles. The summed E-state index contributed by atoms with van der Waals surface area (Å²) in [6.45, 7) is 4.56. The molecule has 1 saturated heterocycles. The number of nitrogens with zero attached hydrogens (tertiary/aromatic N) is 5. The number of benzene rings is 1. The van der Waals surface area contributed by atoms with Gasteiger partial charge in [-0.3, -0.25) is 0 Å². The van der Waals surface area contributed by atoms with E-state index in [2.05, 4.69) is 51.6 Å². The summed E-state index contributed by atoms with van der Waals surface area (Å²) in [4.78, 5) is 2.27. The highest BCUT2D eigenvalue weighted by Gasteiger charge is 2.40. The van der Waals surface area contributed by atoms with Crippen LogP contribution >= 0.6 is 0 Å². The second kappa shape index (κ2) is 5.35. The van der Waals surface area contributed by atoms with Gasteiger partial charge in [0.25, 0.3) is 5.95 Å². The van der Waals surface area contributed by atoms with Crippen LogP contribution in [0.3, 0.4) is 0 Å². The fourth-order valence-corrected chi connectivity index (χ4v) is 3.57. The molecule has 2 heterocycles. The number of anilines is 1. The molecule has 0 amide bonds. The maximum atomic E-state index is 6.10. The molecule has 0 radical (unpaired) electrons. The first-order valence-electron chi connectivity index (χ1n) is 8.00. The molecule has 1 aromatic heterocycles. The van der Waals surface area contributed by atoms with E-state index in [4.69, 9.17) is 4.74 Å². The molecular formula is C16H21N5O. The molecule has 0 atom stereocenters. The van der Waals surface area contributed by atoms with Gasteiger partial charge in [-0.25, -0.2) is 0 Å². The standard InChI is InChI=1S/C16H21N5O/c1-13-4-6-14(7-5-13)21-15(17-18-19-21)20-10-11-22-16(12-20)8-2-3-9-16/h4-7H,2-3,8-12H2,1H3. The minimum Gasteiger partial charge on any atom is -0.371 e. The molecule has 1 spiro atoms. The van der Waals surface area contributed by atoms with Crippen molar-refractivity contribution in [1.82, 2.24) is 20.2 Å². The van der Waals surface area contributed by atoms with Crippen LogP contribution in [0.2, 0.25) is 0 Å². The van der Waals surface area contributed by atoms with Crippen LogP contribution in [-0.4, -0.2) is 45.5 Å². The van der Waals surface area contributed by atoms with Crippen molar-refractivity contribution in [2.75, 3.05) is 24.6 Å². The van der Waals surface area contributed by atoms with Crippen LogP contribution in [0.15, 0.2) is 24.3 Å². The summed E-state index contributed by atoms with van der Waals surface area (Å²) in [5.74, 6) is 0.818. The molecule has 116 valence electrons. The van der Waals surface area contributed by atoms with E-state index in [1.165, 1.54) is 18.4 Å². The minimum atomic E-state index is 0.0162. The Balaban J connectivity index is 1.63. The van der Waals surface area contributed by atoms with E-state index >= 15 is 0 Å². The summed E-state index contributed by atoms with van der Waals surface area (Å²) < 4.78 is 7.92. The van der Waals surface area contributed by atoms with Crippen molar-refractivity contribution in [3.63, 3.8) is 0 Å². The fraction of sp³-hybridized carbons (Fsp3) is 0.562. The average Bonchev–Trinajstić information content (AvgIpc) is 3.18. The van der Waals surface area contributed by atoms with Gasteiger partial charge in [0.2, 0.25) is 0 Å². The summed E-state index contributed by atoms with van der Waals surface area (Å²) in [5, 5.41) is 12.3. The van der Waals surface area contributed by atoms with E-state index in [9.17, 15) is 0 Å². The number of aromatic nitrogens is 4. The van der Waals surface area contributed by atoms with Gasteiger partial charge in [-0.2, -0.15) is 4.68 Å². The van der Waals surface area contributed by atoms with Crippen molar-refractivity contribution in [3.8, 4) is 5.69 Å². The third-order valence-corrected chi connectivity index (χ3v) is 4.78. The number of morpholine rings is 1. The largest absolute Gasteiger partial charge is 0.371 e. The first-order valence-corrected chi connectivity index (χ1v) is 8.00. The zero-order valence-corrected chi connectivity index (χ0v) is 12.9. The highest BCUT2D eigenvalue weighted by molar-refractivity contribution is 5.42. The molecule has 2 fully saturated rings. The lowest BCUT2D eigenvalue weighted by molar-refractivity contribution is -0.0506. The maximum Gasteiger partial charge on any atom is 0.250 e.